The number of benzene rings is 1. The van der Waals surface area contributed by atoms with E-state index in [0.717, 1.165) is 13.1 Å². The number of anilines is 1. The number of hydrogen-bond acceptors (Lipinski definition) is 4. The van der Waals surface area contributed by atoms with Crippen LogP contribution in [0.15, 0.2) is 18.2 Å². The number of ether oxygens (including phenoxy) is 1. The van der Waals surface area contributed by atoms with Gasteiger partial charge in [-0.2, -0.15) is 0 Å². The van der Waals surface area contributed by atoms with Gasteiger partial charge in [0, 0.05) is 31.2 Å². The first-order valence-corrected chi connectivity index (χ1v) is 7.56. The summed E-state index contributed by atoms with van der Waals surface area (Å²) in [7, 11) is 2.01. The fourth-order valence-corrected chi connectivity index (χ4v) is 2.82. The fourth-order valence-electron chi connectivity index (χ4n) is 2.65. The molecule has 118 valence electrons. The number of nitrogens with one attached hydrogen (secondary N) is 1. The zero-order valence-corrected chi connectivity index (χ0v) is 13.3. The summed E-state index contributed by atoms with van der Waals surface area (Å²) in [5.74, 6) is -0.320. The van der Waals surface area contributed by atoms with E-state index in [9.17, 15) is 9.59 Å². The first-order valence-electron chi connectivity index (χ1n) is 7.18. The first-order chi connectivity index (χ1) is 10.4. The Kier molecular flexibility index (Phi) is 3.74. The molecule has 0 aliphatic carbocycles. The van der Waals surface area contributed by atoms with Gasteiger partial charge in [0.15, 0.2) is 0 Å². The molecule has 2 heterocycles. The van der Waals surface area contributed by atoms with Crippen molar-refractivity contribution in [1.82, 2.24) is 9.80 Å². The van der Waals surface area contributed by atoms with Gasteiger partial charge in [-0.15, -0.1) is 0 Å². The Morgan fingerprint density at radius 1 is 1.32 bits per heavy atom. The molecule has 0 saturated carbocycles. The van der Waals surface area contributed by atoms with Crippen molar-refractivity contribution < 1.29 is 14.3 Å². The van der Waals surface area contributed by atoms with Gasteiger partial charge in [-0.1, -0.05) is 11.6 Å². The van der Waals surface area contributed by atoms with Gasteiger partial charge in [0.05, 0.1) is 5.69 Å². The van der Waals surface area contributed by atoms with Crippen LogP contribution in [0.4, 0.5) is 5.69 Å². The van der Waals surface area contributed by atoms with Gasteiger partial charge in [0.25, 0.3) is 17.4 Å². The van der Waals surface area contributed by atoms with Crippen molar-refractivity contribution in [3.05, 3.63) is 23.2 Å². The van der Waals surface area contributed by atoms with E-state index in [1.165, 1.54) is 6.92 Å². The molecular formula is C15H18ClN3O3. The average Bonchev–Trinajstić information content (AvgIpc) is 2.49. The SMILES string of the molecule is CN1CCN(C(=O)C2(C)Oc3ccc(Cl)cc3NC2=O)CC1. The summed E-state index contributed by atoms with van der Waals surface area (Å²) >= 11 is 5.91. The van der Waals surface area contributed by atoms with Crippen LogP contribution in [-0.4, -0.2) is 60.4 Å². The summed E-state index contributed by atoms with van der Waals surface area (Å²) in [6, 6.07) is 4.93. The molecule has 0 spiro atoms. The molecule has 7 heteroatoms. The van der Waals surface area contributed by atoms with Crippen molar-refractivity contribution in [3.8, 4) is 5.75 Å². The van der Waals surface area contributed by atoms with Gasteiger partial charge >= 0.3 is 0 Å². The third-order valence-corrected chi connectivity index (χ3v) is 4.37. The van der Waals surface area contributed by atoms with Gasteiger partial charge < -0.3 is 19.9 Å². The van der Waals surface area contributed by atoms with Crippen LogP contribution in [0.25, 0.3) is 0 Å². The molecule has 0 radical (unpaired) electrons. The summed E-state index contributed by atoms with van der Waals surface area (Å²) in [6.45, 7) is 4.27. The Labute approximate surface area is 134 Å². The van der Waals surface area contributed by atoms with E-state index >= 15 is 0 Å². The highest BCUT2D eigenvalue weighted by Crippen LogP contribution is 2.36. The lowest BCUT2D eigenvalue weighted by molar-refractivity contribution is -0.155. The van der Waals surface area contributed by atoms with Crippen LogP contribution in [0.5, 0.6) is 5.75 Å². The van der Waals surface area contributed by atoms with E-state index in [1.807, 2.05) is 7.05 Å². The molecule has 1 aromatic carbocycles. The largest absolute Gasteiger partial charge is 0.466 e. The second-order valence-corrected chi connectivity index (χ2v) is 6.26. The predicted octanol–water partition coefficient (Wildman–Crippen LogP) is 1.20. The maximum Gasteiger partial charge on any atom is 0.278 e. The van der Waals surface area contributed by atoms with Gasteiger partial charge in [0.1, 0.15) is 5.75 Å². The van der Waals surface area contributed by atoms with Crippen LogP contribution in [0.2, 0.25) is 5.02 Å². The van der Waals surface area contributed by atoms with E-state index in [4.69, 9.17) is 16.3 Å². The highest BCUT2D eigenvalue weighted by molar-refractivity contribution is 6.31. The molecule has 1 fully saturated rings. The summed E-state index contributed by atoms with van der Waals surface area (Å²) < 4.78 is 5.75. The highest BCUT2D eigenvalue weighted by atomic mass is 35.5. The monoisotopic (exact) mass is 323 g/mol. The molecule has 0 bridgehead atoms. The molecule has 1 saturated heterocycles. The molecule has 2 aliphatic rings. The summed E-state index contributed by atoms with van der Waals surface area (Å²) in [5.41, 5.74) is -1.06. The number of fused-ring (bicyclic) bond motifs is 1. The molecule has 1 N–H and O–H groups in total. The first kappa shape index (κ1) is 15.1. The molecule has 6 nitrogen and oxygen atoms in total. The number of carbonyl (C=O) groups excluding carboxylic acids is 2. The molecule has 2 aliphatic heterocycles. The van der Waals surface area contributed by atoms with E-state index in [0.29, 0.717) is 29.5 Å². The predicted molar refractivity (Wildman–Crippen MR) is 83.2 cm³/mol. The van der Waals surface area contributed by atoms with Crippen LogP contribution in [0.1, 0.15) is 6.92 Å². The highest BCUT2D eigenvalue weighted by Gasteiger charge is 2.49. The average molecular weight is 324 g/mol. The second-order valence-electron chi connectivity index (χ2n) is 5.83. The van der Waals surface area contributed by atoms with Crippen molar-refractivity contribution in [3.63, 3.8) is 0 Å². The summed E-state index contributed by atoms with van der Waals surface area (Å²) in [4.78, 5) is 29.0. The quantitative estimate of drug-likeness (QED) is 0.789. The standard InChI is InChI=1S/C15H18ClN3O3/c1-15(14(21)19-7-5-18(2)6-8-19)13(20)17-11-9-10(16)3-4-12(11)22-15/h3-4,9H,5-8H2,1-2H3,(H,17,20). The minimum Gasteiger partial charge on any atom is -0.466 e. The lowest BCUT2D eigenvalue weighted by Gasteiger charge is -2.39. The van der Waals surface area contributed by atoms with E-state index in [2.05, 4.69) is 10.2 Å². The number of amides is 2. The fraction of sp³-hybridized carbons (Fsp3) is 0.467. The smallest absolute Gasteiger partial charge is 0.278 e. The van der Waals surface area contributed by atoms with Crippen molar-refractivity contribution in [2.24, 2.45) is 0 Å². The zero-order chi connectivity index (χ0) is 15.9. The summed E-state index contributed by atoms with van der Waals surface area (Å²) in [6.07, 6.45) is 0. The molecule has 0 aromatic heterocycles. The molecule has 1 unspecified atom stereocenters. The van der Waals surface area contributed by atoms with Gasteiger partial charge in [-0.05, 0) is 32.2 Å². The van der Waals surface area contributed by atoms with E-state index in [-0.39, 0.29) is 5.91 Å². The molecule has 1 aromatic rings. The Balaban J connectivity index is 1.84. The normalized spacial score (nSPS) is 25.2. The zero-order valence-electron chi connectivity index (χ0n) is 12.6. The second kappa shape index (κ2) is 5.44. The molecule has 3 rings (SSSR count). The number of piperazine rings is 1. The maximum absolute atomic E-state index is 12.8. The lowest BCUT2D eigenvalue weighted by atomic mass is 10.0. The van der Waals surface area contributed by atoms with Crippen molar-refractivity contribution >= 4 is 29.1 Å². The Morgan fingerprint density at radius 3 is 2.68 bits per heavy atom. The maximum atomic E-state index is 12.8. The number of rotatable bonds is 1. The number of nitrogens with zero attached hydrogens (tertiary/aromatic N) is 2. The van der Waals surface area contributed by atoms with Gasteiger partial charge in [0.2, 0.25) is 0 Å². The van der Waals surface area contributed by atoms with E-state index < -0.39 is 11.5 Å². The molecule has 1 atom stereocenters. The van der Waals surface area contributed by atoms with Gasteiger partial charge in [-0.25, -0.2) is 0 Å². The van der Waals surface area contributed by atoms with Crippen LogP contribution >= 0.6 is 11.6 Å². The van der Waals surface area contributed by atoms with Crippen LogP contribution < -0.4 is 10.1 Å². The third-order valence-electron chi connectivity index (χ3n) is 4.14. The molecule has 22 heavy (non-hydrogen) atoms. The lowest BCUT2D eigenvalue weighted by Crippen LogP contribution is -2.62. The Bertz CT molecular complexity index is 628. The molecule has 2 amide bonds. The number of halogens is 1. The number of hydrogen-bond donors (Lipinski definition) is 1. The Morgan fingerprint density at radius 2 is 2.00 bits per heavy atom. The Hall–Kier alpha value is -1.79. The topological polar surface area (TPSA) is 61.9 Å². The number of likely N-dealkylation sites (N-methyl/N-ethyl adjacent to an activating group) is 1. The minimum atomic E-state index is -1.54. The van der Waals surface area contributed by atoms with Crippen LogP contribution in [0, 0.1) is 0 Å². The van der Waals surface area contributed by atoms with Crippen LogP contribution in [-0.2, 0) is 9.59 Å². The minimum absolute atomic E-state index is 0.307. The van der Waals surface area contributed by atoms with Crippen molar-refractivity contribution in [2.75, 3.05) is 38.5 Å². The van der Waals surface area contributed by atoms with Crippen LogP contribution in [0.3, 0.4) is 0 Å². The van der Waals surface area contributed by atoms with Gasteiger partial charge in [-0.3, -0.25) is 9.59 Å². The van der Waals surface area contributed by atoms with Crippen molar-refractivity contribution in [2.45, 2.75) is 12.5 Å². The number of carbonyl (C=O) groups is 2. The summed E-state index contributed by atoms with van der Waals surface area (Å²) in [5, 5.41) is 3.21. The van der Waals surface area contributed by atoms with E-state index in [1.54, 1.807) is 23.1 Å². The third kappa shape index (κ3) is 2.53. The van der Waals surface area contributed by atoms with Crippen molar-refractivity contribution in [1.29, 1.82) is 0 Å². The molecular weight excluding hydrogens is 306 g/mol.